The molecular weight excluding hydrogens is 581 g/mol. The quantitative estimate of drug-likeness (QED) is 0.329. The van der Waals surface area contributed by atoms with Crippen molar-refractivity contribution in [3.05, 3.63) is 27.9 Å². The molecule has 0 unspecified atom stereocenters. The molecule has 0 saturated heterocycles. The Balaban J connectivity index is 0.000000454. The van der Waals surface area contributed by atoms with Crippen LogP contribution in [0.5, 0.6) is 0 Å². The highest BCUT2D eigenvalue weighted by Gasteiger charge is 2.44. The molecule has 3 heterocycles. The summed E-state index contributed by atoms with van der Waals surface area (Å²) in [6.45, 7) is 0. The Hall–Kier alpha value is -2.92. The van der Waals surface area contributed by atoms with Gasteiger partial charge in [0.1, 0.15) is 16.2 Å². The number of fused-ring (bicyclic) bond motifs is 1. The standard InChI is InChI=1S/C17H18BrF2N7OS.C2HF3O2/c1-27-6-10(14(18)26-27)24-15(28)8-7-29-16-12(8)25-11(5-22-16)23-9-3-2-4-17(19,20)13(9)21;3-2(4,5)1(6)7/h5-7,9,13H,2-4,21H2,1H3,(H,23,25)(H,24,28);(H,6,7)/t9-,13-;/m1./s1. The lowest BCUT2D eigenvalue weighted by molar-refractivity contribution is -0.192. The van der Waals surface area contributed by atoms with Gasteiger partial charge in [-0.25, -0.2) is 23.5 Å². The maximum Gasteiger partial charge on any atom is 0.490 e. The maximum atomic E-state index is 13.9. The Bertz CT molecular complexity index is 1270. The molecule has 1 amide bonds. The normalized spacial score (nSPS) is 19.3. The molecule has 0 aromatic carbocycles. The van der Waals surface area contributed by atoms with Gasteiger partial charge < -0.3 is 21.5 Å². The fourth-order valence-corrected chi connectivity index (χ4v) is 4.61. The highest BCUT2D eigenvalue weighted by Crippen LogP contribution is 2.34. The van der Waals surface area contributed by atoms with E-state index >= 15 is 0 Å². The third kappa shape index (κ3) is 6.44. The number of nitrogens with zero attached hydrogens (tertiary/aromatic N) is 4. The number of hydrogen-bond donors (Lipinski definition) is 4. The summed E-state index contributed by atoms with van der Waals surface area (Å²) in [5.41, 5.74) is 7.00. The monoisotopic (exact) mass is 599 g/mol. The predicted molar refractivity (Wildman–Crippen MR) is 124 cm³/mol. The average molecular weight is 600 g/mol. The molecule has 0 bridgehead atoms. The van der Waals surface area contributed by atoms with Crippen molar-refractivity contribution in [2.45, 2.75) is 43.4 Å². The molecule has 1 fully saturated rings. The van der Waals surface area contributed by atoms with Crippen molar-refractivity contribution < 1.29 is 36.6 Å². The lowest BCUT2D eigenvalue weighted by Crippen LogP contribution is -2.55. The van der Waals surface area contributed by atoms with Crippen LogP contribution in [-0.4, -0.2) is 60.9 Å². The molecule has 17 heteroatoms. The summed E-state index contributed by atoms with van der Waals surface area (Å²) in [5, 5.41) is 18.6. The van der Waals surface area contributed by atoms with Crippen LogP contribution >= 0.6 is 27.3 Å². The SMILES string of the molecule is Cn1cc(NC(=O)c2csc3ncc(N[C@@H]4CCCC(F)(F)[C@@H]4N)nc23)c(Br)n1.O=C(O)C(F)(F)F. The van der Waals surface area contributed by atoms with Crippen LogP contribution < -0.4 is 16.4 Å². The van der Waals surface area contributed by atoms with Gasteiger partial charge in [0.2, 0.25) is 0 Å². The van der Waals surface area contributed by atoms with Crippen LogP contribution in [0.15, 0.2) is 22.4 Å². The van der Waals surface area contributed by atoms with Gasteiger partial charge in [0.15, 0.2) is 4.60 Å². The van der Waals surface area contributed by atoms with Gasteiger partial charge in [-0.3, -0.25) is 9.48 Å². The molecular formula is C19H19BrF5N7O3S. The zero-order valence-corrected chi connectivity index (χ0v) is 20.7. The number of rotatable bonds is 4. The first-order chi connectivity index (χ1) is 16.7. The molecule has 36 heavy (non-hydrogen) atoms. The number of aryl methyl sites for hydroxylation is 1. The van der Waals surface area contributed by atoms with E-state index in [-0.39, 0.29) is 12.3 Å². The molecule has 1 saturated carbocycles. The number of anilines is 2. The number of nitrogens with two attached hydrogens (primary N) is 1. The highest BCUT2D eigenvalue weighted by atomic mass is 79.9. The Morgan fingerprint density at radius 2 is 2.03 bits per heavy atom. The summed E-state index contributed by atoms with van der Waals surface area (Å²) in [5.74, 6) is -5.73. The summed E-state index contributed by atoms with van der Waals surface area (Å²) in [6.07, 6.45) is -1.27. The molecule has 0 spiro atoms. The van der Waals surface area contributed by atoms with E-state index in [9.17, 15) is 26.7 Å². The fraction of sp³-hybridized carbons (Fsp3) is 0.421. The zero-order valence-electron chi connectivity index (χ0n) is 18.3. The van der Waals surface area contributed by atoms with Gasteiger partial charge in [-0.05, 0) is 28.8 Å². The van der Waals surface area contributed by atoms with E-state index < -0.39 is 30.2 Å². The minimum atomic E-state index is -5.08. The van der Waals surface area contributed by atoms with E-state index in [0.29, 0.717) is 44.9 Å². The smallest absolute Gasteiger partial charge is 0.475 e. The number of halogens is 6. The number of carboxylic acid groups (broad SMARTS) is 1. The van der Waals surface area contributed by atoms with Gasteiger partial charge >= 0.3 is 12.1 Å². The molecule has 3 aromatic heterocycles. The number of aliphatic carboxylic acids is 1. The second-order valence-corrected chi connectivity index (χ2v) is 9.36. The number of hydrogen-bond acceptors (Lipinski definition) is 8. The van der Waals surface area contributed by atoms with Crippen molar-refractivity contribution in [1.29, 1.82) is 0 Å². The van der Waals surface area contributed by atoms with E-state index in [1.165, 1.54) is 17.5 Å². The van der Waals surface area contributed by atoms with Crippen molar-refractivity contribution in [2.75, 3.05) is 10.6 Å². The molecule has 2 atom stereocenters. The summed E-state index contributed by atoms with van der Waals surface area (Å²) >= 11 is 4.56. The molecule has 3 aromatic rings. The van der Waals surface area contributed by atoms with Gasteiger partial charge in [0.05, 0.1) is 23.5 Å². The van der Waals surface area contributed by atoms with E-state index in [1.54, 1.807) is 23.3 Å². The van der Waals surface area contributed by atoms with Gasteiger partial charge in [-0.15, -0.1) is 11.3 Å². The number of alkyl halides is 5. The number of carbonyl (C=O) groups excluding carboxylic acids is 1. The van der Waals surface area contributed by atoms with Crippen LogP contribution in [0.25, 0.3) is 10.3 Å². The number of aromatic nitrogens is 4. The predicted octanol–water partition coefficient (Wildman–Crippen LogP) is 4.00. The van der Waals surface area contributed by atoms with Gasteiger partial charge in [-0.2, -0.15) is 18.3 Å². The van der Waals surface area contributed by atoms with Crippen molar-refractivity contribution in [3.8, 4) is 0 Å². The van der Waals surface area contributed by atoms with Gasteiger partial charge in [0.25, 0.3) is 11.8 Å². The number of carboxylic acids is 1. The van der Waals surface area contributed by atoms with Crippen LogP contribution in [0, 0.1) is 0 Å². The second-order valence-electron chi connectivity index (χ2n) is 7.75. The number of nitrogens with one attached hydrogen (secondary N) is 2. The largest absolute Gasteiger partial charge is 0.490 e. The van der Waals surface area contributed by atoms with Crippen LogP contribution in [0.4, 0.5) is 33.5 Å². The fourth-order valence-electron chi connectivity index (χ4n) is 3.33. The van der Waals surface area contributed by atoms with Crippen molar-refractivity contribution in [1.82, 2.24) is 19.7 Å². The van der Waals surface area contributed by atoms with Crippen LogP contribution in [0.2, 0.25) is 0 Å². The van der Waals surface area contributed by atoms with Crippen molar-refractivity contribution in [3.63, 3.8) is 0 Å². The Kier molecular flexibility index (Phi) is 8.14. The van der Waals surface area contributed by atoms with Crippen LogP contribution in [0.3, 0.4) is 0 Å². The molecule has 4 rings (SSSR count). The van der Waals surface area contributed by atoms with E-state index in [1.807, 2.05) is 0 Å². The molecule has 0 aliphatic heterocycles. The molecule has 5 N–H and O–H groups in total. The minimum absolute atomic E-state index is 0.212. The first kappa shape index (κ1) is 27.7. The molecule has 10 nitrogen and oxygen atoms in total. The lowest BCUT2D eigenvalue weighted by atomic mass is 9.87. The third-order valence-electron chi connectivity index (χ3n) is 5.08. The highest BCUT2D eigenvalue weighted by molar-refractivity contribution is 9.10. The summed E-state index contributed by atoms with van der Waals surface area (Å²) in [6, 6.07) is -1.92. The Morgan fingerprint density at radius 3 is 2.61 bits per heavy atom. The topological polar surface area (TPSA) is 148 Å². The lowest BCUT2D eigenvalue weighted by Gasteiger charge is -2.36. The number of amides is 1. The summed E-state index contributed by atoms with van der Waals surface area (Å²) in [7, 11) is 1.74. The van der Waals surface area contributed by atoms with Gasteiger partial charge in [0, 0.05) is 31.1 Å². The first-order valence-corrected chi connectivity index (χ1v) is 11.8. The second kappa shape index (κ2) is 10.6. The molecule has 1 aliphatic carbocycles. The van der Waals surface area contributed by atoms with E-state index in [2.05, 4.69) is 41.6 Å². The molecule has 1 aliphatic rings. The molecule has 196 valence electrons. The van der Waals surface area contributed by atoms with E-state index in [0.717, 1.165) is 0 Å². The average Bonchev–Trinajstić information content (AvgIpc) is 3.33. The van der Waals surface area contributed by atoms with Crippen LogP contribution in [-0.2, 0) is 11.8 Å². The third-order valence-corrected chi connectivity index (χ3v) is 6.54. The Labute approximate surface area is 212 Å². The zero-order chi connectivity index (χ0) is 26.8. The first-order valence-electron chi connectivity index (χ1n) is 10.1. The molecule has 0 radical (unpaired) electrons. The van der Waals surface area contributed by atoms with Gasteiger partial charge in [-0.1, -0.05) is 0 Å². The minimum Gasteiger partial charge on any atom is -0.475 e. The summed E-state index contributed by atoms with van der Waals surface area (Å²) < 4.78 is 61.6. The van der Waals surface area contributed by atoms with Crippen LogP contribution in [0.1, 0.15) is 29.6 Å². The van der Waals surface area contributed by atoms with Crippen molar-refractivity contribution in [2.24, 2.45) is 12.8 Å². The summed E-state index contributed by atoms with van der Waals surface area (Å²) in [4.78, 5) is 30.9. The maximum absolute atomic E-state index is 13.9. The Morgan fingerprint density at radius 1 is 1.36 bits per heavy atom. The number of thiophene rings is 1. The number of carbonyl (C=O) groups is 2. The van der Waals surface area contributed by atoms with E-state index in [4.69, 9.17) is 15.6 Å². The van der Waals surface area contributed by atoms with Crippen molar-refractivity contribution >= 4 is 61.0 Å².